The number of hydrogen-bond acceptors (Lipinski definition) is 0. The van der Waals surface area contributed by atoms with Gasteiger partial charge in [-0.15, -0.1) is 0 Å². The smallest absolute Gasteiger partial charge is 0.00299 e. The zero-order valence-corrected chi connectivity index (χ0v) is 28.7. The van der Waals surface area contributed by atoms with Crippen molar-refractivity contribution >= 4 is 45.8 Å². The van der Waals surface area contributed by atoms with Crippen LogP contribution in [-0.2, 0) is 10.8 Å². The van der Waals surface area contributed by atoms with E-state index in [1.165, 1.54) is 121 Å². The lowest BCUT2D eigenvalue weighted by Gasteiger charge is -2.74. The predicted octanol–water partition coefficient (Wildman–Crippen LogP) is 12.9. The van der Waals surface area contributed by atoms with Gasteiger partial charge in [0, 0.05) is 0 Å². The summed E-state index contributed by atoms with van der Waals surface area (Å²) in [6.07, 6.45) is 25.4. The van der Waals surface area contributed by atoms with Crippen molar-refractivity contribution < 1.29 is 0 Å². The van der Waals surface area contributed by atoms with Crippen LogP contribution in [0.5, 0.6) is 0 Å². The second-order valence-electron chi connectivity index (χ2n) is 17.9. The molecule has 8 fully saturated rings. The fourth-order valence-electron chi connectivity index (χ4n) is 14.8. The third-order valence-electron chi connectivity index (χ3n) is 15.4. The molecule has 4 atom stereocenters. The average Bonchev–Trinajstić information content (AvgIpc) is 3.08. The lowest BCUT2D eigenvalue weighted by Crippen LogP contribution is -2.66. The second-order valence-corrected chi connectivity index (χ2v) is 17.9. The van der Waals surface area contributed by atoms with E-state index in [1.807, 2.05) is 12.2 Å². The van der Waals surface area contributed by atoms with Crippen molar-refractivity contribution in [2.75, 3.05) is 0 Å². The van der Waals surface area contributed by atoms with Gasteiger partial charge in [-0.1, -0.05) is 87.0 Å². The highest BCUT2D eigenvalue weighted by molar-refractivity contribution is 5.97. The van der Waals surface area contributed by atoms with Crippen LogP contribution < -0.4 is 0 Å². The van der Waals surface area contributed by atoms with Gasteiger partial charge in [0.15, 0.2) is 0 Å². The van der Waals surface area contributed by atoms with Crippen molar-refractivity contribution in [3.05, 3.63) is 120 Å². The minimum Gasteiger partial charge on any atom is -0.0985 e. The van der Waals surface area contributed by atoms with E-state index in [2.05, 4.69) is 99.1 Å². The van der Waals surface area contributed by atoms with Crippen LogP contribution >= 0.6 is 0 Å². The Morgan fingerprint density at radius 2 is 0.875 bits per heavy atom. The summed E-state index contributed by atoms with van der Waals surface area (Å²) in [5.41, 5.74) is 9.76. The third-order valence-corrected chi connectivity index (χ3v) is 15.4. The molecule has 0 saturated heterocycles. The first-order valence-electron chi connectivity index (χ1n) is 19.0. The van der Waals surface area contributed by atoms with Crippen LogP contribution in [0, 0.1) is 34.5 Å². The molecule has 242 valence electrons. The lowest BCUT2D eigenvalue weighted by molar-refractivity contribution is -0.211. The molecule has 8 aliphatic carbocycles. The molecule has 8 aliphatic rings. The number of fused-ring (bicyclic) bond motifs is 2. The van der Waals surface area contributed by atoms with Crippen molar-refractivity contribution in [1.82, 2.24) is 0 Å². The summed E-state index contributed by atoms with van der Waals surface area (Å²) in [5.74, 6) is 3.47. The standard InChI is InChI=1S/C48H50/c1-5-31-17-37(7-3)43-39(19-31)11-9-13-41(43)45-21-33-15-34(22-45)26-47(25-33,29-45)48-27-35-16-36(28-48)24-46(23-35,30-48)42-14-10-12-40-20-32(6-2)18-38(8-4)44(40)42/h5-14,17-20,33-36H,1-4,15-16,21-30H2. The highest BCUT2D eigenvalue weighted by atomic mass is 14.7. The van der Waals surface area contributed by atoms with Crippen molar-refractivity contribution in [2.24, 2.45) is 34.5 Å². The largest absolute Gasteiger partial charge is 0.0985 e. The van der Waals surface area contributed by atoms with Crippen molar-refractivity contribution in [3.63, 3.8) is 0 Å². The highest BCUT2D eigenvalue weighted by Gasteiger charge is 2.70. The molecule has 0 amide bonds. The molecule has 0 spiro atoms. The van der Waals surface area contributed by atoms with Crippen molar-refractivity contribution in [1.29, 1.82) is 0 Å². The van der Waals surface area contributed by atoms with E-state index in [0.29, 0.717) is 10.8 Å². The van der Waals surface area contributed by atoms with Crippen LogP contribution in [0.4, 0.5) is 0 Å². The molecule has 0 aromatic heterocycles. The fraction of sp³-hybridized carbons (Fsp3) is 0.417. The lowest BCUT2D eigenvalue weighted by atomic mass is 9.30. The minimum atomic E-state index is 0.282. The van der Waals surface area contributed by atoms with Gasteiger partial charge in [0.1, 0.15) is 0 Å². The Balaban J connectivity index is 1.13. The summed E-state index contributed by atoms with van der Waals surface area (Å²) < 4.78 is 0. The highest BCUT2D eigenvalue weighted by Crippen LogP contribution is 2.79. The summed E-state index contributed by atoms with van der Waals surface area (Å²) in [6, 6.07) is 23.8. The van der Waals surface area contributed by atoms with Crippen LogP contribution in [0.2, 0.25) is 0 Å². The van der Waals surface area contributed by atoms with Crippen LogP contribution in [-0.4, -0.2) is 0 Å². The van der Waals surface area contributed by atoms with Gasteiger partial charge in [-0.05, 0) is 202 Å². The van der Waals surface area contributed by atoms with Crippen LogP contribution in [0.15, 0.2) is 87.0 Å². The molecule has 4 aromatic rings. The number of benzene rings is 4. The van der Waals surface area contributed by atoms with Gasteiger partial charge in [0.05, 0.1) is 0 Å². The predicted molar refractivity (Wildman–Crippen MR) is 206 cm³/mol. The van der Waals surface area contributed by atoms with E-state index in [-0.39, 0.29) is 10.8 Å². The van der Waals surface area contributed by atoms with Gasteiger partial charge in [-0.2, -0.15) is 0 Å². The summed E-state index contributed by atoms with van der Waals surface area (Å²) in [5, 5.41) is 5.69. The van der Waals surface area contributed by atoms with Gasteiger partial charge in [-0.3, -0.25) is 0 Å². The maximum absolute atomic E-state index is 4.32. The summed E-state index contributed by atoms with van der Waals surface area (Å²) in [7, 11) is 0. The Morgan fingerprint density at radius 3 is 1.23 bits per heavy atom. The quantitative estimate of drug-likeness (QED) is 0.191. The molecule has 4 unspecified atom stereocenters. The molecule has 0 aliphatic heterocycles. The molecule has 8 saturated carbocycles. The molecule has 8 bridgehead atoms. The molecule has 0 nitrogen and oxygen atoms in total. The topological polar surface area (TPSA) is 0 Å². The van der Waals surface area contributed by atoms with Crippen molar-refractivity contribution in [2.45, 2.75) is 87.9 Å². The molecular weight excluding hydrogens is 577 g/mol. The van der Waals surface area contributed by atoms with E-state index >= 15 is 0 Å². The first kappa shape index (κ1) is 29.3. The van der Waals surface area contributed by atoms with Gasteiger partial charge < -0.3 is 0 Å². The average molecular weight is 627 g/mol. The van der Waals surface area contributed by atoms with Crippen molar-refractivity contribution in [3.8, 4) is 0 Å². The van der Waals surface area contributed by atoms with Gasteiger partial charge in [0.25, 0.3) is 0 Å². The van der Waals surface area contributed by atoms with Gasteiger partial charge in [-0.25, -0.2) is 0 Å². The van der Waals surface area contributed by atoms with E-state index in [1.54, 1.807) is 11.1 Å². The maximum Gasteiger partial charge on any atom is -0.00299 e. The Morgan fingerprint density at radius 1 is 0.479 bits per heavy atom. The van der Waals surface area contributed by atoms with E-state index in [0.717, 1.165) is 23.7 Å². The van der Waals surface area contributed by atoms with Crippen LogP contribution in [0.25, 0.3) is 45.8 Å². The Labute approximate surface area is 287 Å². The van der Waals surface area contributed by atoms with Gasteiger partial charge >= 0.3 is 0 Å². The molecule has 4 aromatic carbocycles. The normalized spacial score (nSPS) is 37.2. The van der Waals surface area contributed by atoms with E-state index < -0.39 is 0 Å². The SMILES string of the molecule is C=Cc1cc(C=C)c2c(C34CC5CC(C3)CC(C36CC7CC(CC(c8cccc9cc(C=C)cc(C=C)c89)(C7)C3)C6)(C5)C4)cccc2c1. The minimum absolute atomic E-state index is 0.282. The van der Waals surface area contributed by atoms with Crippen LogP contribution in [0.1, 0.15) is 110 Å². The zero-order chi connectivity index (χ0) is 32.5. The molecule has 0 heterocycles. The zero-order valence-electron chi connectivity index (χ0n) is 28.7. The van der Waals surface area contributed by atoms with Crippen LogP contribution in [0.3, 0.4) is 0 Å². The second kappa shape index (κ2) is 9.97. The molecule has 0 N–H and O–H groups in total. The summed E-state index contributed by atoms with van der Waals surface area (Å²) >= 11 is 0. The molecule has 12 rings (SSSR count). The third kappa shape index (κ3) is 3.84. The monoisotopic (exact) mass is 626 g/mol. The Bertz CT molecular complexity index is 1890. The first-order chi connectivity index (χ1) is 23.3. The summed E-state index contributed by atoms with van der Waals surface area (Å²) in [4.78, 5) is 0. The fourth-order valence-corrected chi connectivity index (χ4v) is 14.8. The molecule has 0 heteroatoms. The Hall–Kier alpha value is -3.64. The number of rotatable bonds is 7. The summed E-state index contributed by atoms with van der Waals surface area (Å²) in [6.45, 7) is 16.9. The molecule has 0 radical (unpaired) electrons. The van der Waals surface area contributed by atoms with Gasteiger partial charge in [0.2, 0.25) is 0 Å². The van der Waals surface area contributed by atoms with E-state index in [9.17, 15) is 0 Å². The molecule has 48 heavy (non-hydrogen) atoms. The maximum atomic E-state index is 4.32. The Kier molecular flexibility index (Phi) is 6.08. The number of hydrogen-bond donors (Lipinski definition) is 0. The first-order valence-corrected chi connectivity index (χ1v) is 19.0. The molecular formula is C48H50. The van der Waals surface area contributed by atoms with E-state index in [4.69, 9.17) is 0 Å².